The van der Waals surface area contributed by atoms with Gasteiger partial charge in [-0.25, -0.2) is 4.99 Å². The molecule has 0 fully saturated rings. The van der Waals surface area contributed by atoms with E-state index in [0.717, 1.165) is 6.20 Å². The third kappa shape index (κ3) is 3.01. The molecule has 2 rings (SSSR count). The van der Waals surface area contributed by atoms with E-state index in [-0.39, 0.29) is 18.0 Å². The van der Waals surface area contributed by atoms with Crippen molar-refractivity contribution in [1.29, 1.82) is 0 Å². The molecule has 0 saturated heterocycles. The molecule has 7 nitrogen and oxygen atoms in total. The quantitative estimate of drug-likeness (QED) is 0.572. The maximum Gasteiger partial charge on any atom is 0.326 e. The van der Waals surface area contributed by atoms with Crippen LogP contribution in [0, 0.1) is 10.1 Å². The number of hydrogen-bond donors (Lipinski definition) is 3. The van der Waals surface area contributed by atoms with E-state index < -0.39 is 10.7 Å². The first-order chi connectivity index (χ1) is 9.31. The highest BCUT2D eigenvalue weighted by Crippen LogP contribution is 2.24. The molecule has 0 saturated carbocycles. The van der Waals surface area contributed by atoms with Gasteiger partial charge in [0.2, 0.25) is 5.84 Å². The molecule has 1 aromatic rings. The lowest BCUT2D eigenvalue weighted by Gasteiger charge is -2.28. The van der Waals surface area contributed by atoms with Crippen LogP contribution < -0.4 is 16.8 Å². The summed E-state index contributed by atoms with van der Waals surface area (Å²) in [4.78, 5) is 14.0. The maximum absolute atomic E-state index is 10.7. The van der Waals surface area contributed by atoms with Gasteiger partial charge in [-0.1, -0.05) is 23.2 Å². The molecule has 0 bridgehead atoms. The summed E-state index contributed by atoms with van der Waals surface area (Å²) < 4.78 is 0. The number of nitrogens with one attached hydrogen (secondary N) is 1. The van der Waals surface area contributed by atoms with Crippen molar-refractivity contribution < 1.29 is 4.92 Å². The van der Waals surface area contributed by atoms with Gasteiger partial charge in [0.15, 0.2) is 5.79 Å². The van der Waals surface area contributed by atoms with E-state index in [4.69, 9.17) is 34.7 Å². The molecule has 1 aliphatic rings. The Bertz CT molecular complexity index is 631. The highest BCUT2D eigenvalue weighted by atomic mass is 35.5. The molecule has 0 aromatic heterocycles. The molecular weight excluding hydrogens is 305 g/mol. The molecule has 1 unspecified atom stereocenters. The van der Waals surface area contributed by atoms with E-state index in [9.17, 15) is 10.1 Å². The zero-order valence-corrected chi connectivity index (χ0v) is 11.6. The number of rotatable bonds is 3. The number of hydrogen-bond acceptors (Lipinski definition) is 6. The van der Waals surface area contributed by atoms with E-state index >= 15 is 0 Å². The van der Waals surface area contributed by atoms with Crippen LogP contribution in [-0.2, 0) is 6.42 Å². The summed E-state index contributed by atoms with van der Waals surface area (Å²) in [6.45, 7) is 0. The molecule has 0 amide bonds. The van der Waals surface area contributed by atoms with Crippen molar-refractivity contribution in [3.63, 3.8) is 0 Å². The normalized spacial score (nSPS) is 21.8. The van der Waals surface area contributed by atoms with Crippen molar-refractivity contribution in [1.82, 2.24) is 5.32 Å². The molecule has 5 N–H and O–H groups in total. The van der Waals surface area contributed by atoms with E-state index in [2.05, 4.69) is 10.3 Å². The minimum atomic E-state index is -1.31. The Morgan fingerprint density at radius 1 is 1.45 bits per heavy atom. The van der Waals surface area contributed by atoms with E-state index in [1.807, 2.05) is 0 Å². The fourth-order valence-electron chi connectivity index (χ4n) is 1.78. The predicted molar refractivity (Wildman–Crippen MR) is 76.9 cm³/mol. The van der Waals surface area contributed by atoms with Gasteiger partial charge in [-0.2, -0.15) is 0 Å². The van der Waals surface area contributed by atoms with Crippen molar-refractivity contribution in [2.75, 3.05) is 0 Å². The third-order valence-electron chi connectivity index (χ3n) is 2.71. The second-order valence-electron chi connectivity index (χ2n) is 4.26. The second kappa shape index (κ2) is 5.28. The fourth-order valence-corrected chi connectivity index (χ4v) is 2.16. The van der Waals surface area contributed by atoms with Crippen molar-refractivity contribution in [2.24, 2.45) is 16.5 Å². The Balaban J connectivity index is 2.27. The predicted octanol–water partition coefficient (Wildman–Crippen LogP) is 1.23. The molecule has 20 heavy (non-hydrogen) atoms. The van der Waals surface area contributed by atoms with Crippen LogP contribution in [0.4, 0.5) is 0 Å². The van der Waals surface area contributed by atoms with Gasteiger partial charge < -0.3 is 11.1 Å². The Morgan fingerprint density at radius 2 is 2.15 bits per heavy atom. The molecule has 9 heteroatoms. The van der Waals surface area contributed by atoms with Gasteiger partial charge >= 0.3 is 5.70 Å². The first kappa shape index (κ1) is 14.6. The third-order valence-corrected chi connectivity index (χ3v) is 3.31. The highest BCUT2D eigenvalue weighted by Gasteiger charge is 2.32. The van der Waals surface area contributed by atoms with Crippen LogP contribution in [0.5, 0.6) is 0 Å². The van der Waals surface area contributed by atoms with Gasteiger partial charge in [0.25, 0.3) is 0 Å². The van der Waals surface area contributed by atoms with E-state index in [1.54, 1.807) is 18.2 Å². The standard InChI is InChI=1S/C11H11Cl2N5O2/c12-7-1-2-8(13)6(3-7)4-11(15)16-5-9(18(19)20)10(14)17-11/h1-3,5,16H,4,15H2,(H2,14,17). The van der Waals surface area contributed by atoms with E-state index in [0.29, 0.717) is 15.6 Å². The van der Waals surface area contributed by atoms with Gasteiger partial charge in [0.1, 0.15) is 0 Å². The minimum Gasteiger partial charge on any atom is -0.378 e. The van der Waals surface area contributed by atoms with Crippen molar-refractivity contribution in [2.45, 2.75) is 12.2 Å². The van der Waals surface area contributed by atoms with Gasteiger partial charge in [0.05, 0.1) is 11.1 Å². The Kier molecular flexibility index (Phi) is 3.85. The smallest absolute Gasteiger partial charge is 0.326 e. The Hall–Kier alpha value is -1.83. The average molecular weight is 316 g/mol. The summed E-state index contributed by atoms with van der Waals surface area (Å²) in [7, 11) is 0. The van der Waals surface area contributed by atoms with Crippen LogP contribution >= 0.6 is 23.2 Å². The summed E-state index contributed by atoms with van der Waals surface area (Å²) in [6.07, 6.45) is 1.30. The largest absolute Gasteiger partial charge is 0.378 e. The summed E-state index contributed by atoms with van der Waals surface area (Å²) >= 11 is 11.9. The van der Waals surface area contributed by atoms with Crippen LogP contribution in [0.15, 0.2) is 35.1 Å². The van der Waals surface area contributed by atoms with Gasteiger partial charge in [0, 0.05) is 16.5 Å². The summed E-state index contributed by atoms with van der Waals surface area (Å²) in [6, 6.07) is 4.93. The van der Waals surface area contributed by atoms with Gasteiger partial charge in [-0.3, -0.25) is 15.8 Å². The lowest BCUT2D eigenvalue weighted by molar-refractivity contribution is -0.416. The molecule has 0 aliphatic carbocycles. The van der Waals surface area contributed by atoms with Crippen LogP contribution in [0.25, 0.3) is 0 Å². The molecule has 1 heterocycles. The SMILES string of the molecule is NC1=NC(N)(Cc2cc(Cl)ccc2Cl)NC=C1[N+](=O)[O-]. The van der Waals surface area contributed by atoms with Crippen LogP contribution in [0.3, 0.4) is 0 Å². The number of nitrogens with zero attached hydrogens (tertiary/aromatic N) is 2. The van der Waals surface area contributed by atoms with Gasteiger partial charge in [-0.15, -0.1) is 0 Å². The number of nitro groups is 1. The second-order valence-corrected chi connectivity index (χ2v) is 5.11. The molecular formula is C11H11Cl2N5O2. The highest BCUT2D eigenvalue weighted by molar-refractivity contribution is 6.33. The molecule has 1 atom stereocenters. The number of benzene rings is 1. The lowest BCUT2D eigenvalue weighted by Crippen LogP contribution is -2.55. The van der Waals surface area contributed by atoms with Crippen molar-refractivity contribution in [3.05, 3.63) is 55.8 Å². The number of halogens is 2. The van der Waals surface area contributed by atoms with Crippen LogP contribution in [0.1, 0.15) is 5.56 Å². The fraction of sp³-hybridized carbons (Fsp3) is 0.182. The van der Waals surface area contributed by atoms with Crippen LogP contribution in [-0.4, -0.2) is 16.5 Å². The van der Waals surface area contributed by atoms with Crippen molar-refractivity contribution in [3.8, 4) is 0 Å². The minimum absolute atomic E-state index is 0.175. The number of aliphatic imine (C=N–C) groups is 1. The zero-order valence-electron chi connectivity index (χ0n) is 10.1. The monoisotopic (exact) mass is 315 g/mol. The maximum atomic E-state index is 10.7. The number of amidine groups is 1. The van der Waals surface area contributed by atoms with E-state index in [1.165, 1.54) is 0 Å². The zero-order chi connectivity index (χ0) is 14.9. The molecule has 0 radical (unpaired) electrons. The summed E-state index contributed by atoms with van der Waals surface area (Å²) in [5.41, 5.74) is 11.9. The average Bonchev–Trinajstić information content (AvgIpc) is 2.33. The molecule has 1 aromatic carbocycles. The Labute approximate surface area is 124 Å². The molecule has 0 spiro atoms. The topological polar surface area (TPSA) is 120 Å². The molecule has 1 aliphatic heterocycles. The summed E-state index contributed by atoms with van der Waals surface area (Å²) in [5, 5.41) is 14.3. The molecule has 106 valence electrons. The number of nitrogens with two attached hydrogens (primary N) is 2. The first-order valence-electron chi connectivity index (χ1n) is 5.51. The van der Waals surface area contributed by atoms with Crippen LogP contribution in [0.2, 0.25) is 10.0 Å². The van der Waals surface area contributed by atoms with Gasteiger partial charge in [-0.05, 0) is 23.8 Å². The first-order valence-corrected chi connectivity index (χ1v) is 6.27. The summed E-state index contributed by atoms with van der Waals surface area (Å²) in [5.74, 6) is -1.55. The Morgan fingerprint density at radius 3 is 2.75 bits per heavy atom. The van der Waals surface area contributed by atoms with Crippen molar-refractivity contribution >= 4 is 29.0 Å². The lowest BCUT2D eigenvalue weighted by atomic mass is 10.1.